The fourth-order valence-electron chi connectivity index (χ4n) is 2.60. The van der Waals surface area contributed by atoms with Crippen molar-refractivity contribution in [2.75, 3.05) is 13.2 Å². The first-order valence-corrected chi connectivity index (χ1v) is 8.05. The number of Topliss-reactive ketones (excluding diaryl/α,β-unsaturated/α-hetero) is 1. The lowest BCUT2D eigenvalue weighted by Crippen LogP contribution is -2.33. The van der Waals surface area contributed by atoms with Crippen molar-refractivity contribution in [3.05, 3.63) is 46.4 Å². The summed E-state index contributed by atoms with van der Waals surface area (Å²) in [5, 5.41) is 5.10. The molecule has 0 bridgehead atoms. The van der Waals surface area contributed by atoms with E-state index in [0.29, 0.717) is 5.56 Å². The summed E-state index contributed by atoms with van der Waals surface area (Å²) in [6, 6.07) is 11.1. The molecule has 1 aliphatic rings. The van der Waals surface area contributed by atoms with Crippen LogP contribution in [0.4, 0.5) is 0 Å². The third kappa shape index (κ3) is 3.36. The predicted molar refractivity (Wildman–Crippen MR) is 88.0 cm³/mol. The van der Waals surface area contributed by atoms with Crippen LogP contribution in [-0.2, 0) is 9.53 Å². The zero-order chi connectivity index (χ0) is 15.5. The molecule has 2 aromatic rings. The van der Waals surface area contributed by atoms with E-state index in [2.05, 4.69) is 21.2 Å². The Balaban J connectivity index is 1.66. The van der Waals surface area contributed by atoms with Gasteiger partial charge >= 0.3 is 5.97 Å². The predicted octanol–water partition coefficient (Wildman–Crippen LogP) is 3.08. The lowest BCUT2D eigenvalue weighted by atomic mass is 10.0. The molecule has 1 aliphatic heterocycles. The molecule has 5 heteroatoms. The highest BCUT2D eigenvalue weighted by Gasteiger charge is 2.24. The Morgan fingerprint density at radius 2 is 1.95 bits per heavy atom. The highest BCUT2D eigenvalue weighted by atomic mass is 79.9. The SMILES string of the molecule is O=C(COC(=O)C1CCCN1)c1ccc2cc(Br)ccc2c1. The van der Waals surface area contributed by atoms with Gasteiger partial charge in [-0.25, -0.2) is 0 Å². The molecule has 114 valence electrons. The van der Waals surface area contributed by atoms with Crippen molar-refractivity contribution in [2.24, 2.45) is 0 Å². The molecule has 1 atom stereocenters. The summed E-state index contributed by atoms with van der Waals surface area (Å²) in [6.45, 7) is 0.618. The monoisotopic (exact) mass is 361 g/mol. The topological polar surface area (TPSA) is 55.4 Å². The van der Waals surface area contributed by atoms with Gasteiger partial charge in [-0.15, -0.1) is 0 Å². The summed E-state index contributed by atoms with van der Waals surface area (Å²) in [5.41, 5.74) is 0.557. The number of nitrogens with one attached hydrogen (secondary N) is 1. The number of hydrogen-bond acceptors (Lipinski definition) is 4. The average Bonchev–Trinajstić information content (AvgIpc) is 3.06. The van der Waals surface area contributed by atoms with E-state index in [1.165, 1.54) is 0 Å². The van der Waals surface area contributed by atoms with Crippen molar-refractivity contribution in [2.45, 2.75) is 18.9 Å². The smallest absolute Gasteiger partial charge is 0.323 e. The highest BCUT2D eigenvalue weighted by Crippen LogP contribution is 2.21. The lowest BCUT2D eigenvalue weighted by Gasteiger charge is -2.10. The van der Waals surface area contributed by atoms with Crippen molar-refractivity contribution in [1.29, 1.82) is 0 Å². The molecular formula is C17H16BrNO3. The molecule has 1 fully saturated rings. The third-order valence-electron chi connectivity index (χ3n) is 3.81. The van der Waals surface area contributed by atoms with E-state index in [-0.39, 0.29) is 24.4 Å². The van der Waals surface area contributed by atoms with Crippen LogP contribution in [0.3, 0.4) is 0 Å². The van der Waals surface area contributed by atoms with E-state index in [1.807, 2.05) is 30.3 Å². The van der Waals surface area contributed by atoms with Gasteiger partial charge in [0.05, 0.1) is 0 Å². The molecule has 1 unspecified atom stereocenters. The number of ketones is 1. The molecule has 0 amide bonds. The second kappa shape index (κ2) is 6.58. The number of carbonyl (C=O) groups excluding carboxylic acids is 2. The van der Waals surface area contributed by atoms with Gasteiger partial charge in [0.2, 0.25) is 0 Å². The molecule has 1 heterocycles. The number of carbonyl (C=O) groups is 2. The summed E-state index contributed by atoms with van der Waals surface area (Å²) < 4.78 is 6.11. The second-order valence-corrected chi connectivity index (χ2v) is 6.30. The Bertz CT molecular complexity index is 723. The Kier molecular flexibility index (Phi) is 4.55. The van der Waals surface area contributed by atoms with Crippen LogP contribution in [0, 0.1) is 0 Å². The normalized spacial score (nSPS) is 17.6. The first-order valence-electron chi connectivity index (χ1n) is 7.26. The van der Waals surface area contributed by atoms with E-state index >= 15 is 0 Å². The van der Waals surface area contributed by atoms with E-state index < -0.39 is 0 Å². The molecule has 0 spiro atoms. The molecule has 2 aromatic carbocycles. The van der Waals surface area contributed by atoms with Gasteiger partial charge in [-0.3, -0.25) is 9.59 Å². The van der Waals surface area contributed by atoms with Gasteiger partial charge in [-0.1, -0.05) is 34.1 Å². The van der Waals surface area contributed by atoms with E-state index in [0.717, 1.165) is 34.6 Å². The first kappa shape index (κ1) is 15.2. The largest absolute Gasteiger partial charge is 0.456 e. The number of fused-ring (bicyclic) bond motifs is 1. The number of rotatable bonds is 4. The van der Waals surface area contributed by atoms with Crippen molar-refractivity contribution in [1.82, 2.24) is 5.32 Å². The summed E-state index contributed by atoms with van der Waals surface area (Å²) in [4.78, 5) is 24.0. The maximum absolute atomic E-state index is 12.2. The van der Waals surface area contributed by atoms with Gasteiger partial charge in [-0.05, 0) is 48.4 Å². The van der Waals surface area contributed by atoms with Gasteiger partial charge in [0.25, 0.3) is 0 Å². The minimum absolute atomic E-state index is 0.184. The number of hydrogen-bond donors (Lipinski definition) is 1. The third-order valence-corrected chi connectivity index (χ3v) is 4.31. The van der Waals surface area contributed by atoms with Crippen LogP contribution in [-0.4, -0.2) is 30.9 Å². The molecule has 4 nitrogen and oxygen atoms in total. The number of esters is 1. The fourth-order valence-corrected chi connectivity index (χ4v) is 2.98. The highest BCUT2D eigenvalue weighted by molar-refractivity contribution is 9.10. The zero-order valence-corrected chi connectivity index (χ0v) is 13.6. The number of benzene rings is 2. The minimum Gasteiger partial charge on any atom is -0.456 e. The van der Waals surface area contributed by atoms with Gasteiger partial charge in [0.1, 0.15) is 6.04 Å². The Morgan fingerprint density at radius 3 is 2.73 bits per heavy atom. The molecule has 3 rings (SSSR count). The molecule has 0 radical (unpaired) electrons. The van der Waals surface area contributed by atoms with Crippen LogP contribution in [0.2, 0.25) is 0 Å². The van der Waals surface area contributed by atoms with Crippen LogP contribution in [0.1, 0.15) is 23.2 Å². The summed E-state index contributed by atoms with van der Waals surface area (Å²) in [5.74, 6) is -0.522. The van der Waals surface area contributed by atoms with Crippen molar-refractivity contribution < 1.29 is 14.3 Å². The standard InChI is InChI=1S/C17H16BrNO3/c18-14-6-5-11-8-13(4-3-12(11)9-14)16(20)10-22-17(21)15-2-1-7-19-15/h3-6,8-9,15,19H,1-2,7,10H2. The van der Waals surface area contributed by atoms with Gasteiger partial charge < -0.3 is 10.1 Å². The van der Waals surface area contributed by atoms with Gasteiger partial charge in [0.15, 0.2) is 12.4 Å². The van der Waals surface area contributed by atoms with Crippen LogP contribution in [0.15, 0.2) is 40.9 Å². The Morgan fingerprint density at radius 1 is 1.18 bits per heavy atom. The van der Waals surface area contributed by atoms with Crippen LogP contribution < -0.4 is 5.32 Å². The van der Waals surface area contributed by atoms with Crippen molar-refractivity contribution in [3.8, 4) is 0 Å². The summed E-state index contributed by atoms with van der Waals surface area (Å²) >= 11 is 3.42. The molecule has 0 aliphatic carbocycles. The van der Waals surface area contributed by atoms with Crippen LogP contribution >= 0.6 is 15.9 Å². The van der Waals surface area contributed by atoms with E-state index in [4.69, 9.17) is 4.74 Å². The molecular weight excluding hydrogens is 346 g/mol. The van der Waals surface area contributed by atoms with Crippen molar-refractivity contribution in [3.63, 3.8) is 0 Å². The molecule has 22 heavy (non-hydrogen) atoms. The summed E-state index contributed by atoms with van der Waals surface area (Å²) in [7, 11) is 0. The van der Waals surface area contributed by atoms with E-state index in [1.54, 1.807) is 6.07 Å². The minimum atomic E-state index is -0.337. The molecule has 1 saturated heterocycles. The number of ether oxygens (including phenoxy) is 1. The van der Waals surface area contributed by atoms with Crippen LogP contribution in [0.25, 0.3) is 10.8 Å². The Hall–Kier alpha value is -1.72. The maximum atomic E-state index is 12.2. The molecule has 1 N–H and O–H groups in total. The van der Waals surface area contributed by atoms with Gasteiger partial charge in [-0.2, -0.15) is 0 Å². The van der Waals surface area contributed by atoms with Gasteiger partial charge in [0, 0.05) is 10.0 Å². The first-order chi connectivity index (χ1) is 10.6. The zero-order valence-electron chi connectivity index (χ0n) is 12.0. The van der Waals surface area contributed by atoms with Crippen LogP contribution in [0.5, 0.6) is 0 Å². The maximum Gasteiger partial charge on any atom is 0.323 e. The quantitative estimate of drug-likeness (QED) is 0.671. The lowest BCUT2D eigenvalue weighted by molar-refractivity contribution is -0.144. The number of halogens is 1. The van der Waals surface area contributed by atoms with Crippen molar-refractivity contribution >= 4 is 38.5 Å². The Labute approximate surface area is 137 Å². The molecule has 0 saturated carbocycles. The summed E-state index contributed by atoms with van der Waals surface area (Å²) in [6.07, 6.45) is 1.74. The molecule has 0 aromatic heterocycles. The second-order valence-electron chi connectivity index (χ2n) is 5.39. The average molecular weight is 362 g/mol. The van der Waals surface area contributed by atoms with E-state index in [9.17, 15) is 9.59 Å². The fraction of sp³-hybridized carbons (Fsp3) is 0.294.